The van der Waals surface area contributed by atoms with Crippen LogP contribution in [0.4, 0.5) is 22.9 Å². The second kappa shape index (κ2) is 10.1. The molecule has 0 fully saturated rings. The maximum absolute atomic E-state index is 13.3. The zero-order valence-corrected chi connectivity index (χ0v) is 20.2. The number of nitrogens with two attached hydrogens (primary N) is 1. The standard InChI is InChI=1S/C25H26N6O3S/c1-3-30(22-11-7-8-19(16-22)17-32)35(33,34)23-14-12-20(13-15-23)27-28-24-18(2)29-31(25(24)26)21-9-5-4-6-10-21/h4-16,32H,3,17,26H2,1-2H3. The smallest absolute Gasteiger partial charge is 0.264 e. The summed E-state index contributed by atoms with van der Waals surface area (Å²) in [5.74, 6) is 0.361. The zero-order valence-electron chi connectivity index (χ0n) is 19.4. The van der Waals surface area contributed by atoms with Gasteiger partial charge in [-0.05, 0) is 67.9 Å². The van der Waals surface area contributed by atoms with Crippen LogP contribution in [0.15, 0.2) is 94.0 Å². The van der Waals surface area contributed by atoms with E-state index in [9.17, 15) is 13.5 Å². The number of hydrogen-bond acceptors (Lipinski definition) is 7. The van der Waals surface area contributed by atoms with E-state index in [0.717, 1.165) is 5.69 Å². The lowest BCUT2D eigenvalue weighted by atomic mass is 10.2. The molecule has 0 aliphatic rings. The lowest BCUT2D eigenvalue weighted by Crippen LogP contribution is -2.30. The van der Waals surface area contributed by atoms with Crippen molar-refractivity contribution in [2.24, 2.45) is 10.2 Å². The molecule has 3 N–H and O–H groups in total. The van der Waals surface area contributed by atoms with E-state index < -0.39 is 10.0 Å². The van der Waals surface area contributed by atoms with Crippen molar-refractivity contribution in [2.75, 3.05) is 16.6 Å². The van der Waals surface area contributed by atoms with E-state index in [-0.39, 0.29) is 18.0 Å². The Labute approximate surface area is 204 Å². The lowest BCUT2D eigenvalue weighted by molar-refractivity contribution is 0.282. The molecule has 0 aliphatic heterocycles. The van der Waals surface area contributed by atoms with E-state index in [4.69, 9.17) is 5.73 Å². The van der Waals surface area contributed by atoms with Crippen LogP contribution in [-0.2, 0) is 16.6 Å². The first-order valence-electron chi connectivity index (χ1n) is 11.0. The Kier molecular flexibility index (Phi) is 6.94. The molecule has 4 aromatic rings. The first-order chi connectivity index (χ1) is 16.8. The second-order valence-electron chi connectivity index (χ2n) is 7.76. The highest BCUT2D eigenvalue weighted by molar-refractivity contribution is 7.92. The van der Waals surface area contributed by atoms with Crippen molar-refractivity contribution in [1.29, 1.82) is 0 Å². The van der Waals surface area contributed by atoms with Crippen LogP contribution in [0, 0.1) is 6.92 Å². The van der Waals surface area contributed by atoms with Gasteiger partial charge in [0.15, 0.2) is 11.5 Å². The Morgan fingerprint density at radius 2 is 1.71 bits per heavy atom. The van der Waals surface area contributed by atoms with E-state index >= 15 is 0 Å². The Morgan fingerprint density at radius 3 is 2.37 bits per heavy atom. The number of azo groups is 1. The summed E-state index contributed by atoms with van der Waals surface area (Å²) in [6, 6.07) is 22.4. The van der Waals surface area contributed by atoms with Gasteiger partial charge in [0, 0.05) is 6.54 Å². The number of rotatable bonds is 8. The van der Waals surface area contributed by atoms with Crippen molar-refractivity contribution in [3.63, 3.8) is 0 Å². The van der Waals surface area contributed by atoms with Gasteiger partial charge >= 0.3 is 0 Å². The largest absolute Gasteiger partial charge is 0.392 e. The SMILES string of the molecule is CCN(c1cccc(CO)c1)S(=O)(=O)c1ccc(N=Nc2c(C)nn(-c3ccccc3)c2N)cc1. The number of anilines is 2. The van der Waals surface area contributed by atoms with Gasteiger partial charge in [-0.15, -0.1) is 5.11 Å². The molecule has 1 heterocycles. The van der Waals surface area contributed by atoms with Crippen LogP contribution >= 0.6 is 0 Å². The van der Waals surface area contributed by atoms with Crippen LogP contribution in [0.2, 0.25) is 0 Å². The normalized spacial score (nSPS) is 11.7. The van der Waals surface area contributed by atoms with Gasteiger partial charge in [-0.3, -0.25) is 4.31 Å². The van der Waals surface area contributed by atoms with Crippen molar-refractivity contribution < 1.29 is 13.5 Å². The number of hydrogen-bond donors (Lipinski definition) is 2. The number of sulfonamides is 1. The Balaban J connectivity index is 1.58. The van der Waals surface area contributed by atoms with Crippen LogP contribution in [0.5, 0.6) is 0 Å². The number of aliphatic hydroxyl groups excluding tert-OH is 1. The molecule has 0 bridgehead atoms. The molecule has 0 saturated carbocycles. The molecule has 0 unspecified atom stereocenters. The van der Waals surface area contributed by atoms with Crippen LogP contribution in [0.1, 0.15) is 18.2 Å². The summed E-state index contributed by atoms with van der Waals surface area (Å²) in [7, 11) is -3.81. The van der Waals surface area contributed by atoms with Gasteiger partial charge in [0.05, 0.1) is 34.3 Å². The van der Waals surface area contributed by atoms with Crippen LogP contribution in [0.25, 0.3) is 5.69 Å². The van der Waals surface area contributed by atoms with E-state index in [0.29, 0.717) is 34.1 Å². The average molecular weight is 491 g/mol. The molecule has 35 heavy (non-hydrogen) atoms. The fourth-order valence-electron chi connectivity index (χ4n) is 3.65. The fraction of sp³-hybridized carbons (Fsp3) is 0.160. The molecule has 9 nitrogen and oxygen atoms in total. The zero-order chi connectivity index (χ0) is 25.0. The van der Waals surface area contributed by atoms with Crippen molar-refractivity contribution in [3.05, 3.63) is 90.1 Å². The van der Waals surface area contributed by atoms with Crippen molar-refractivity contribution in [1.82, 2.24) is 9.78 Å². The predicted octanol–water partition coefficient (Wildman–Crippen LogP) is 4.89. The summed E-state index contributed by atoms with van der Waals surface area (Å²) < 4.78 is 29.4. The first kappa shape index (κ1) is 24.1. The molecular weight excluding hydrogens is 464 g/mol. The van der Waals surface area contributed by atoms with E-state index in [1.807, 2.05) is 30.3 Å². The summed E-state index contributed by atoms with van der Waals surface area (Å²) in [4.78, 5) is 0.125. The third kappa shape index (κ3) is 4.93. The van der Waals surface area contributed by atoms with Gasteiger partial charge < -0.3 is 10.8 Å². The van der Waals surface area contributed by atoms with Gasteiger partial charge in [-0.1, -0.05) is 30.3 Å². The second-order valence-corrected chi connectivity index (χ2v) is 9.62. The van der Waals surface area contributed by atoms with Crippen molar-refractivity contribution in [3.8, 4) is 5.69 Å². The third-order valence-electron chi connectivity index (χ3n) is 5.42. The molecule has 0 saturated heterocycles. The number of nitrogens with zero attached hydrogens (tertiary/aromatic N) is 5. The third-order valence-corrected chi connectivity index (χ3v) is 7.34. The van der Waals surface area contributed by atoms with Crippen molar-refractivity contribution in [2.45, 2.75) is 25.3 Å². The summed E-state index contributed by atoms with van der Waals surface area (Å²) >= 11 is 0. The maximum Gasteiger partial charge on any atom is 0.264 e. The first-order valence-corrected chi connectivity index (χ1v) is 12.4. The molecule has 0 atom stereocenters. The van der Waals surface area contributed by atoms with Crippen molar-refractivity contribution >= 4 is 32.9 Å². The highest BCUT2D eigenvalue weighted by Crippen LogP contribution is 2.31. The quantitative estimate of drug-likeness (QED) is 0.340. The maximum atomic E-state index is 13.3. The molecule has 1 aromatic heterocycles. The molecule has 4 rings (SSSR count). The minimum Gasteiger partial charge on any atom is -0.392 e. The summed E-state index contributed by atoms with van der Waals surface area (Å²) in [6.07, 6.45) is 0. The number of aliphatic hydroxyl groups is 1. The van der Waals surface area contributed by atoms with E-state index in [2.05, 4.69) is 15.3 Å². The molecule has 0 aliphatic carbocycles. The van der Waals surface area contributed by atoms with Gasteiger partial charge in [0.2, 0.25) is 0 Å². The van der Waals surface area contributed by atoms with Crippen LogP contribution < -0.4 is 10.0 Å². The number of aromatic nitrogens is 2. The Morgan fingerprint density at radius 1 is 1.00 bits per heavy atom. The topological polar surface area (TPSA) is 126 Å². The number of aryl methyl sites for hydroxylation is 1. The van der Waals surface area contributed by atoms with Gasteiger partial charge in [0.25, 0.3) is 10.0 Å². The summed E-state index contributed by atoms with van der Waals surface area (Å²) in [5, 5.41) is 22.3. The number of benzene rings is 3. The molecule has 0 spiro atoms. The molecule has 3 aromatic carbocycles. The van der Waals surface area contributed by atoms with E-state index in [1.54, 1.807) is 54.9 Å². The number of para-hydroxylation sites is 1. The molecule has 0 amide bonds. The highest BCUT2D eigenvalue weighted by Gasteiger charge is 2.23. The minimum atomic E-state index is -3.81. The van der Waals surface area contributed by atoms with Crippen LogP contribution in [-0.4, -0.2) is 29.8 Å². The van der Waals surface area contributed by atoms with Gasteiger partial charge in [-0.25, -0.2) is 13.1 Å². The number of nitrogen functional groups attached to an aromatic ring is 1. The summed E-state index contributed by atoms with van der Waals surface area (Å²) in [5.41, 5.74) is 9.74. The van der Waals surface area contributed by atoms with E-state index in [1.165, 1.54) is 16.4 Å². The minimum absolute atomic E-state index is 0.125. The lowest BCUT2D eigenvalue weighted by Gasteiger charge is -2.23. The Hall–Kier alpha value is -4.02. The predicted molar refractivity (Wildman–Crippen MR) is 136 cm³/mol. The molecule has 180 valence electrons. The van der Waals surface area contributed by atoms with Crippen LogP contribution in [0.3, 0.4) is 0 Å². The summed E-state index contributed by atoms with van der Waals surface area (Å²) in [6.45, 7) is 3.63. The monoisotopic (exact) mass is 490 g/mol. The van der Waals surface area contributed by atoms with Gasteiger partial charge in [0.1, 0.15) is 0 Å². The van der Waals surface area contributed by atoms with Gasteiger partial charge in [-0.2, -0.15) is 10.2 Å². The molecule has 0 radical (unpaired) electrons. The molecule has 10 heteroatoms. The Bertz CT molecular complexity index is 1450. The molecular formula is C25H26N6O3S. The fourth-order valence-corrected chi connectivity index (χ4v) is 5.11. The highest BCUT2D eigenvalue weighted by atomic mass is 32.2. The average Bonchev–Trinajstić information content (AvgIpc) is 3.17.